The Labute approximate surface area is 181 Å². The molecule has 0 spiro atoms. The number of hydrogen-bond donors (Lipinski definition) is 1. The van der Waals surface area contributed by atoms with E-state index in [0.29, 0.717) is 47.7 Å². The van der Waals surface area contributed by atoms with Gasteiger partial charge in [-0.05, 0) is 91.4 Å². The maximum absolute atomic E-state index is 11.8. The van der Waals surface area contributed by atoms with Crippen molar-refractivity contribution in [3.63, 3.8) is 0 Å². The van der Waals surface area contributed by atoms with Crippen LogP contribution in [0.3, 0.4) is 0 Å². The van der Waals surface area contributed by atoms with Crippen LogP contribution in [0.5, 0.6) is 0 Å². The van der Waals surface area contributed by atoms with Gasteiger partial charge < -0.3 is 14.6 Å². The molecule has 4 heteroatoms. The van der Waals surface area contributed by atoms with Crippen molar-refractivity contribution in [1.82, 2.24) is 0 Å². The van der Waals surface area contributed by atoms with Crippen LogP contribution in [0.2, 0.25) is 0 Å². The molecule has 1 N–H and O–H groups in total. The Morgan fingerprint density at radius 3 is 2.83 bits per heavy atom. The summed E-state index contributed by atoms with van der Waals surface area (Å²) in [4.78, 5) is 11.8. The van der Waals surface area contributed by atoms with Gasteiger partial charge in [-0.25, -0.2) is 4.79 Å². The molecule has 10 atom stereocenters. The second-order valence-electron chi connectivity index (χ2n) is 11.2. The minimum atomic E-state index is -0.286. The van der Waals surface area contributed by atoms with Crippen molar-refractivity contribution >= 4 is 5.97 Å². The van der Waals surface area contributed by atoms with Crippen LogP contribution in [0.4, 0.5) is 0 Å². The molecule has 4 aliphatic carbocycles. The molecule has 0 aromatic carbocycles. The van der Waals surface area contributed by atoms with Crippen molar-refractivity contribution in [2.45, 2.75) is 84.5 Å². The molecular weight excluding hydrogens is 376 g/mol. The first kappa shape index (κ1) is 20.8. The first-order chi connectivity index (χ1) is 14.3. The van der Waals surface area contributed by atoms with Gasteiger partial charge in [0.05, 0.1) is 18.8 Å². The van der Waals surface area contributed by atoms with Gasteiger partial charge in [0.1, 0.15) is 6.10 Å². The number of epoxide rings is 1. The van der Waals surface area contributed by atoms with Crippen molar-refractivity contribution in [2.24, 2.45) is 40.4 Å². The normalized spacial score (nSPS) is 50.0. The van der Waals surface area contributed by atoms with E-state index in [0.717, 1.165) is 12.8 Å². The molecule has 0 bridgehead atoms. The Hall–Kier alpha value is -1.13. The minimum absolute atomic E-state index is 0.205. The Morgan fingerprint density at radius 2 is 2.07 bits per heavy atom. The average molecular weight is 415 g/mol. The number of aliphatic hydroxyl groups is 1. The quantitative estimate of drug-likeness (QED) is 0.314. The average Bonchev–Trinajstić information content (AvgIpc) is 3.42. The third-order valence-electron chi connectivity index (χ3n) is 9.88. The molecule has 0 aromatic heterocycles. The van der Waals surface area contributed by atoms with Gasteiger partial charge >= 0.3 is 5.97 Å². The molecule has 0 amide bonds. The molecule has 5 rings (SSSR count). The largest absolute Gasteiger partial charge is 0.463 e. The molecule has 5 aliphatic rings. The van der Waals surface area contributed by atoms with Crippen LogP contribution < -0.4 is 0 Å². The Morgan fingerprint density at radius 1 is 1.27 bits per heavy atom. The van der Waals surface area contributed by atoms with Crippen LogP contribution in [0, 0.1) is 40.4 Å². The number of carbonyl (C=O) groups excluding carboxylic acids is 1. The first-order valence-electron chi connectivity index (χ1n) is 12.2. The van der Waals surface area contributed by atoms with Gasteiger partial charge in [-0.2, -0.15) is 0 Å². The summed E-state index contributed by atoms with van der Waals surface area (Å²) in [6.45, 7) is 9.54. The number of esters is 1. The molecule has 1 heterocycles. The standard InChI is InChI=1S/C26H38O4/c1-5-29-21(28)9-6-15(2)17-7-8-18-22-19(11-13-25(17,18)3)26(4)12-10-16(27)14-20(26)23-24(22)30-23/h6,9,14-19,22-24,27H,5,7-8,10-13H2,1-4H3/b9-6+/t15-,16?,17?,18?,19?,22?,23-,24+,25-,26-/m1/s1. The number of carbonyl (C=O) groups is 1. The van der Waals surface area contributed by atoms with E-state index in [1.165, 1.54) is 31.3 Å². The summed E-state index contributed by atoms with van der Waals surface area (Å²) in [5, 5.41) is 10.2. The molecule has 0 aromatic rings. The zero-order valence-electron chi connectivity index (χ0n) is 19.0. The smallest absolute Gasteiger partial charge is 0.330 e. The Bertz CT molecular complexity index is 771. The highest BCUT2D eigenvalue weighted by Gasteiger charge is 2.68. The van der Waals surface area contributed by atoms with Gasteiger partial charge in [0.25, 0.3) is 0 Å². The number of rotatable bonds is 4. The molecule has 4 fully saturated rings. The monoisotopic (exact) mass is 414 g/mol. The molecule has 1 aliphatic heterocycles. The number of aliphatic hydroxyl groups excluding tert-OH is 1. The number of fused-ring (bicyclic) bond motifs is 8. The predicted octanol–water partition coefficient (Wildman–Crippen LogP) is 4.67. The second kappa shape index (κ2) is 7.20. The van der Waals surface area contributed by atoms with Crippen LogP contribution in [-0.4, -0.2) is 36.0 Å². The van der Waals surface area contributed by atoms with E-state index in [1.807, 2.05) is 6.92 Å². The lowest BCUT2D eigenvalue weighted by atomic mass is 9.46. The highest BCUT2D eigenvalue weighted by Crippen LogP contribution is 2.70. The molecule has 3 saturated carbocycles. The van der Waals surface area contributed by atoms with Crippen LogP contribution in [0.15, 0.2) is 23.8 Å². The van der Waals surface area contributed by atoms with Crippen LogP contribution in [0.25, 0.3) is 0 Å². The number of hydrogen-bond acceptors (Lipinski definition) is 4. The zero-order chi connectivity index (χ0) is 21.3. The topological polar surface area (TPSA) is 59.1 Å². The molecule has 166 valence electrons. The third-order valence-corrected chi connectivity index (χ3v) is 9.88. The Kier molecular flexibility index (Phi) is 4.98. The van der Waals surface area contributed by atoms with E-state index in [1.54, 1.807) is 6.08 Å². The summed E-state index contributed by atoms with van der Waals surface area (Å²) in [7, 11) is 0. The van der Waals surface area contributed by atoms with Crippen molar-refractivity contribution in [2.75, 3.05) is 6.61 Å². The fraction of sp³-hybridized carbons (Fsp3) is 0.808. The molecule has 4 nitrogen and oxygen atoms in total. The summed E-state index contributed by atoms with van der Waals surface area (Å²) in [6, 6.07) is 0. The molecule has 30 heavy (non-hydrogen) atoms. The lowest BCUT2D eigenvalue weighted by Gasteiger charge is -2.57. The van der Waals surface area contributed by atoms with Crippen LogP contribution in [0.1, 0.15) is 66.2 Å². The van der Waals surface area contributed by atoms with E-state index in [-0.39, 0.29) is 23.6 Å². The van der Waals surface area contributed by atoms with Crippen molar-refractivity contribution in [3.05, 3.63) is 23.8 Å². The second-order valence-corrected chi connectivity index (χ2v) is 11.2. The summed E-state index contributed by atoms with van der Waals surface area (Å²) < 4.78 is 11.4. The van der Waals surface area contributed by atoms with Gasteiger partial charge in [0.15, 0.2) is 0 Å². The van der Waals surface area contributed by atoms with Crippen molar-refractivity contribution in [3.8, 4) is 0 Å². The highest BCUT2D eigenvalue weighted by atomic mass is 16.6. The summed E-state index contributed by atoms with van der Waals surface area (Å²) in [5.74, 6) is 2.82. The van der Waals surface area contributed by atoms with Gasteiger partial charge in [-0.1, -0.05) is 32.9 Å². The maximum Gasteiger partial charge on any atom is 0.330 e. The minimum Gasteiger partial charge on any atom is -0.463 e. The maximum atomic E-state index is 11.8. The van der Waals surface area contributed by atoms with E-state index in [2.05, 4.69) is 32.9 Å². The van der Waals surface area contributed by atoms with Gasteiger partial charge in [0.2, 0.25) is 0 Å². The predicted molar refractivity (Wildman–Crippen MR) is 116 cm³/mol. The van der Waals surface area contributed by atoms with Crippen molar-refractivity contribution < 1.29 is 19.4 Å². The van der Waals surface area contributed by atoms with Crippen molar-refractivity contribution in [1.29, 1.82) is 0 Å². The van der Waals surface area contributed by atoms with Gasteiger partial charge in [-0.15, -0.1) is 0 Å². The Balaban J connectivity index is 1.38. The molecule has 5 unspecified atom stereocenters. The van der Waals surface area contributed by atoms with Gasteiger partial charge in [0, 0.05) is 6.08 Å². The van der Waals surface area contributed by atoms with E-state index in [9.17, 15) is 9.90 Å². The van der Waals surface area contributed by atoms with E-state index >= 15 is 0 Å². The summed E-state index contributed by atoms with van der Waals surface area (Å²) >= 11 is 0. The third kappa shape index (κ3) is 2.97. The number of ether oxygens (including phenoxy) is 2. The SMILES string of the molecule is CCOC(=O)/C=C/[C@@H](C)C1CCC2C3C(CC[C@@]21C)[C@@]1(C)CCC(O)C=C1[C@H]1O[C@@H]31. The van der Waals surface area contributed by atoms with E-state index in [4.69, 9.17) is 9.47 Å². The zero-order valence-corrected chi connectivity index (χ0v) is 19.0. The molecular formula is C26H38O4. The fourth-order valence-electron chi connectivity index (χ4n) is 8.41. The van der Waals surface area contributed by atoms with Crippen LogP contribution in [-0.2, 0) is 14.3 Å². The lowest BCUT2D eigenvalue weighted by Crippen LogP contribution is -2.54. The van der Waals surface area contributed by atoms with E-state index < -0.39 is 0 Å². The van der Waals surface area contributed by atoms with Gasteiger partial charge in [-0.3, -0.25) is 0 Å². The first-order valence-corrected chi connectivity index (χ1v) is 12.2. The lowest BCUT2D eigenvalue weighted by molar-refractivity contribution is -0.137. The highest BCUT2D eigenvalue weighted by molar-refractivity contribution is 5.81. The number of allylic oxidation sites excluding steroid dienone is 1. The molecule has 1 saturated heterocycles. The fourth-order valence-corrected chi connectivity index (χ4v) is 8.41. The summed E-state index contributed by atoms with van der Waals surface area (Å²) in [5.41, 5.74) is 1.94. The molecule has 0 radical (unpaired) electrons. The summed E-state index contributed by atoms with van der Waals surface area (Å²) in [6.07, 6.45) is 13.3. The van der Waals surface area contributed by atoms with Crippen LogP contribution >= 0.6 is 0 Å².